The van der Waals surface area contributed by atoms with E-state index in [0.29, 0.717) is 17.6 Å². The molecule has 0 aliphatic rings. The number of amides is 1. The fourth-order valence-corrected chi connectivity index (χ4v) is 3.03. The number of rotatable bonds is 7. The highest BCUT2D eigenvalue weighted by molar-refractivity contribution is 6.30. The first-order valence-electron chi connectivity index (χ1n) is 9.17. The van der Waals surface area contributed by atoms with Gasteiger partial charge in [-0.1, -0.05) is 49.7 Å². The number of carbonyl (C=O) groups is 1. The molecule has 1 heterocycles. The van der Waals surface area contributed by atoms with Gasteiger partial charge in [-0.05, 0) is 42.2 Å². The van der Waals surface area contributed by atoms with Crippen LogP contribution >= 0.6 is 11.6 Å². The number of oxazole rings is 1. The zero-order chi connectivity index (χ0) is 20.1. The van der Waals surface area contributed by atoms with Gasteiger partial charge in [-0.15, -0.1) is 0 Å². The second-order valence-electron chi connectivity index (χ2n) is 7.05. The van der Waals surface area contributed by atoms with Gasteiger partial charge < -0.3 is 9.73 Å². The van der Waals surface area contributed by atoms with Crippen molar-refractivity contribution >= 4 is 17.5 Å². The quantitative estimate of drug-likeness (QED) is 0.593. The summed E-state index contributed by atoms with van der Waals surface area (Å²) in [4.78, 5) is 17.0. The summed E-state index contributed by atoms with van der Waals surface area (Å²) in [5.41, 5.74) is 2.40. The topological polar surface area (TPSA) is 55.1 Å². The molecular formula is C22H22ClFN2O2. The molecule has 0 bridgehead atoms. The van der Waals surface area contributed by atoms with E-state index in [1.165, 1.54) is 12.1 Å². The summed E-state index contributed by atoms with van der Waals surface area (Å²) in [5, 5.41) is 2.85. The van der Waals surface area contributed by atoms with Crippen LogP contribution in [0.1, 0.15) is 30.9 Å². The normalized spacial score (nSPS) is 11.0. The van der Waals surface area contributed by atoms with Crippen LogP contribution in [0.15, 0.2) is 52.9 Å². The summed E-state index contributed by atoms with van der Waals surface area (Å²) in [6.07, 6.45) is 0.823. The van der Waals surface area contributed by atoms with Crippen molar-refractivity contribution in [3.8, 4) is 11.5 Å². The summed E-state index contributed by atoms with van der Waals surface area (Å²) in [6, 6.07) is 14.0. The van der Waals surface area contributed by atoms with Crippen LogP contribution in [0, 0.1) is 11.7 Å². The molecule has 0 fully saturated rings. The fraction of sp³-hybridized carbons (Fsp3) is 0.273. The van der Waals surface area contributed by atoms with Crippen molar-refractivity contribution < 1.29 is 13.6 Å². The van der Waals surface area contributed by atoms with E-state index in [2.05, 4.69) is 24.1 Å². The zero-order valence-corrected chi connectivity index (χ0v) is 16.6. The Hall–Kier alpha value is -2.66. The average Bonchev–Trinajstić information content (AvgIpc) is 3.05. The maximum atomic E-state index is 13.2. The van der Waals surface area contributed by atoms with Crippen molar-refractivity contribution in [3.63, 3.8) is 0 Å². The number of aromatic nitrogens is 1. The minimum absolute atomic E-state index is 0.0358. The molecule has 0 saturated heterocycles. The molecule has 28 heavy (non-hydrogen) atoms. The Balaban J connectivity index is 1.71. The van der Waals surface area contributed by atoms with Crippen LogP contribution in [0.2, 0.25) is 5.02 Å². The monoisotopic (exact) mass is 400 g/mol. The molecule has 2 aromatic carbocycles. The number of halogens is 2. The van der Waals surface area contributed by atoms with Crippen molar-refractivity contribution in [2.24, 2.45) is 5.92 Å². The number of carbonyl (C=O) groups excluding carboxylic acids is 1. The molecule has 0 saturated carbocycles. The van der Waals surface area contributed by atoms with E-state index in [-0.39, 0.29) is 23.9 Å². The predicted octanol–water partition coefficient (Wildman–Crippen LogP) is 5.19. The minimum Gasteiger partial charge on any atom is -0.440 e. The van der Waals surface area contributed by atoms with Crippen LogP contribution in [0.5, 0.6) is 0 Å². The van der Waals surface area contributed by atoms with Gasteiger partial charge in [0.1, 0.15) is 11.6 Å². The van der Waals surface area contributed by atoms with E-state index >= 15 is 0 Å². The lowest BCUT2D eigenvalue weighted by Crippen LogP contribution is -2.24. The maximum absolute atomic E-state index is 13.2. The molecule has 1 N–H and O–H groups in total. The Morgan fingerprint density at radius 1 is 1.21 bits per heavy atom. The molecule has 0 aliphatic carbocycles. The molecule has 4 nitrogen and oxygen atoms in total. The summed E-state index contributed by atoms with van der Waals surface area (Å²) in [5.74, 6) is 0.801. The van der Waals surface area contributed by atoms with E-state index in [1.807, 2.05) is 30.3 Å². The average molecular weight is 401 g/mol. The smallest absolute Gasteiger partial charge is 0.227 e. The second-order valence-corrected chi connectivity index (χ2v) is 7.46. The van der Waals surface area contributed by atoms with Gasteiger partial charge in [-0.3, -0.25) is 4.79 Å². The minimum atomic E-state index is -0.481. The van der Waals surface area contributed by atoms with Crippen LogP contribution in [-0.2, 0) is 24.2 Å². The van der Waals surface area contributed by atoms with Gasteiger partial charge in [-0.25, -0.2) is 9.37 Å². The lowest BCUT2D eigenvalue weighted by atomic mass is 10.1. The summed E-state index contributed by atoms with van der Waals surface area (Å²) < 4.78 is 19.2. The Morgan fingerprint density at radius 3 is 2.64 bits per heavy atom. The first kappa shape index (κ1) is 20.1. The molecule has 1 amide bonds. The fourth-order valence-electron chi connectivity index (χ4n) is 2.83. The van der Waals surface area contributed by atoms with Gasteiger partial charge in [0.15, 0.2) is 0 Å². The van der Waals surface area contributed by atoms with Crippen molar-refractivity contribution in [1.29, 1.82) is 0 Å². The Kier molecular flexibility index (Phi) is 6.47. The van der Waals surface area contributed by atoms with Crippen LogP contribution in [-0.4, -0.2) is 10.9 Å². The highest BCUT2D eigenvalue weighted by atomic mass is 35.5. The Bertz CT molecular complexity index is 954. The van der Waals surface area contributed by atoms with E-state index in [0.717, 1.165) is 23.2 Å². The van der Waals surface area contributed by atoms with E-state index in [1.54, 1.807) is 6.07 Å². The van der Waals surface area contributed by atoms with E-state index < -0.39 is 5.82 Å². The molecule has 0 unspecified atom stereocenters. The largest absolute Gasteiger partial charge is 0.440 e. The van der Waals surface area contributed by atoms with Gasteiger partial charge in [-0.2, -0.15) is 0 Å². The van der Waals surface area contributed by atoms with Gasteiger partial charge in [0.05, 0.1) is 17.1 Å². The Morgan fingerprint density at radius 2 is 1.96 bits per heavy atom. The third-order valence-electron chi connectivity index (χ3n) is 4.20. The zero-order valence-electron chi connectivity index (χ0n) is 15.8. The van der Waals surface area contributed by atoms with E-state index in [9.17, 15) is 9.18 Å². The third kappa shape index (κ3) is 5.20. The molecule has 1 aromatic heterocycles. The van der Waals surface area contributed by atoms with Gasteiger partial charge >= 0.3 is 0 Å². The summed E-state index contributed by atoms with van der Waals surface area (Å²) in [7, 11) is 0. The maximum Gasteiger partial charge on any atom is 0.227 e. The highest BCUT2D eigenvalue weighted by Gasteiger charge is 2.18. The second kappa shape index (κ2) is 9.02. The number of hydrogen-bond acceptors (Lipinski definition) is 3. The molecule has 0 aliphatic heterocycles. The standard InChI is InChI=1S/C22H22ClFN2O2/c1-14(2)10-19-20(28-22(26-19)16-6-4-3-5-7-16)12-21(27)25-13-15-8-9-18(24)17(23)11-15/h3-9,11,14H,10,12-13H2,1-2H3,(H,25,27). The van der Waals surface area contributed by atoms with Crippen LogP contribution in [0.4, 0.5) is 4.39 Å². The van der Waals surface area contributed by atoms with Crippen LogP contribution in [0.25, 0.3) is 11.5 Å². The number of hydrogen-bond donors (Lipinski definition) is 1. The van der Waals surface area contributed by atoms with Crippen molar-refractivity contribution in [2.45, 2.75) is 33.2 Å². The number of nitrogens with one attached hydrogen (secondary N) is 1. The molecule has 0 radical (unpaired) electrons. The molecule has 0 atom stereocenters. The summed E-state index contributed by atoms with van der Waals surface area (Å²) >= 11 is 5.78. The van der Waals surface area contributed by atoms with Crippen LogP contribution < -0.4 is 5.32 Å². The lowest BCUT2D eigenvalue weighted by molar-refractivity contribution is -0.120. The van der Waals surface area contributed by atoms with Crippen molar-refractivity contribution in [1.82, 2.24) is 10.3 Å². The molecule has 146 valence electrons. The van der Waals surface area contributed by atoms with Gasteiger partial charge in [0.2, 0.25) is 11.8 Å². The number of benzene rings is 2. The molecule has 3 rings (SSSR count). The molecule has 3 aromatic rings. The van der Waals surface area contributed by atoms with E-state index in [4.69, 9.17) is 16.0 Å². The van der Waals surface area contributed by atoms with Crippen molar-refractivity contribution in [3.05, 3.63) is 76.4 Å². The molecular weight excluding hydrogens is 379 g/mol. The Labute approximate surface area is 168 Å². The predicted molar refractivity (Wildman–Crippen MR) is 107 cm³/mol. The SMILES string of the molecule is CC(C)Cc1nc(-c2ccccc2)oc1CC(=O)NCc1ccc(F)c(Cl)c1. The first-order chi connectivity index (χ1) is 13.4. The third-order valence-corrected chi connectivity index (χ3v) is 4.49. The van der Waals surface area contributed by atoms with Crippen molar-refractivity contribution in [2.75, 3.05) is 0 Å². The lowest BCUT2D eigenvalue weighted by Gasteiger charge is -2.07. The van der Waals surface area contributed by atoms with Crippen LogP contribution in [0.3, 0.4) is 0 Å². The molecule has 6 heteroatoms. The summed E-state index contributed by atoms with van der Waals surface area (Å²) in [6.45, 7) is 4.45. The number of nitrogens with zero attached hydrogens (tertiary/aromatic N) is 1. The first-order valence-corrected chi connectivity index (χ1v) is 9.54. The van der Waals surface area contributed by atoms with Gasteiger partial charge in [0.25, 0.3) is 0 Å². The molecule has 0 spiro atoms. The van der Waals surface area contributed by atoms with Gasteiger partial charge in [0, 0.05) is 12.1 Å². The highest BCUT2D eigenvalue weighted by Crippen LogP contribution is 2.24.